The average Bonchev–Trinajstić information content (AvgIpc) is 3.38. The minimum absolute atomic E-state index is 0.0572. The van der Waals surface area contributed by atoms with Crippen LogP contribution in [-0.2, 0) is 33.9 Å². The van der Waals surface area contributed by atoms with Crippen molar-refractivity contribution in [1.29, 1.82) is 0 Å². The first-order valence-electron chi connectivity index (χ1n) is 11.8. The Balaban J connectivity index is 1.50. The molecule has 1 atom stereocenters. The van der Waals surface area contributed by atoms with E-state index in [-0.39, 0.29) is 36.7 Å². The van der Waals surface area contributed by atoms with E-state index in [1.165, 1.54) is 18.2 Å². The first-order valence-corrected chi connectivity index (χ1v) is 13.2. The zero-order valence-corrected chi connectivity index (χ0v) is 21.0. The van der Waals surface area contributed by atoms with E-state index in [1.54, 1.807) is 36.4 Å². The molecule has 0 saturated carbocycles. The van der Waals surface area contributed by atoms with Gasteiger partial charge in [-0.25, -0.2) is 0 Å². The van der Waals surface area contributed by atoms with E-state index >= 15 is 0 Å². The summed E-state index contributed by atoms with van der Waals surface area (Å²) < 4.78 is 109. The molecule has 13 heteroatoms. The Morgan fingerprint density at radius 1 is 0.846 bits per heavy atom. The normalized spacial score (nSPS) is 16.7. The molecule has 4 rings (SSSR count). The third kappa shape index (κ3) is 6.90. The summed E-state index contributed by atoms with van der Waals surface area (Å²) in [4.78, 5) is 12.9. The van der Waals surface area contributed by atoms with E-state index in [0.717, 1.165) is 4.31 Å². The van der Waals surface area contributed by atoms with Gasteiger partial charge in [-0.1, -0.05) is 36.4 Å². The standard InChI is InChI=1S/C26H23F6N3O3S/c27-25(28,29)20-13-19(14-21(15-20)26(30,31)32)18-7-4-6-17(12-18)16-33-24(36)23-10-5-11-35(23)39(37,38)34-22-8-2-1-3-9-22/h1-4,6-9,12-15,23,34H,5,10-11,16H2,(H,33,36)/t23-/m0/s1. The minimum Gasteiger partial charge on any atom is -0.351 e. The number of halogens is 6. The molecule has 3 aromatic rings. The van der Waals surface area contributed by atoms with Crippen LogP contribution in [0.2, 0.25) is 0 Å². The van der Waals surface area contributed by atoms with Crippen molar-refractivity contribution in [1.82, 2.24) is 9.62 Å². The van der Waals surface area contributed by atoms with E-state index in [1.807, 2.05) is 0 Å². The van der Waals surface area contributed by atoms with Gasteiger partial charge in [-0.3, -0.25) is 9.52 Å². The molecule has 2 N–H and O–H groups in total. The van der Waals surface area contributed by atoms with Gasteiger partial charge in [0.15, 0.2) is 0 Å². The maximum Gasteiger partial charge on any atom is 0.416 e. The van der Waals surface area contributed by atoms with Crippen LogP contribution in [0.15, 0.2) is 72.8 Å². The fourth-order valence-corrected chi connectivity index (χ4v) is 5.75. The van der Waals surface area contributed by atoms with Gasteiger partial charge in [0.1, 0.15) is 6.04 Å². The van der Waals surface area contributed by atoms with Crippen LogP contribution in [0.25, 0.3) is 11.1 Å². The molecular formula is C26H23F6N3O3S. The Labute approximate surface area is 220 Å². The number of nitrogens with one attached hydrogen (secondary N) is 2. The van der Waals surface area contributed by atoms with Gasteiger partial charge < -0.3 is 5.32 Å². The zero-order chi connectivity index (χ0) is 28.4. The molecule has 1 heterocycles. The van der Waals surface area contributed by atoms with Gasteiger partial charge >= 0.3 is 22.6 Å². The van der Waals surface area contributed by atoms with E-state index in [4.69, 9.17) is 0 Å². The van der Waals surface area contributed by atoms with E-state index < -0.39 is 45.6 Å². The lowest BCUT2D eigenvalue weighted by Gasteiger charge is -2.24. The largest absolute Gasteiger partial charge is 0.416 e. The van der Waals surface area contributed by atoms with Gasteiger partial charge in [0, 0.05) is 18.8 Å². The van der Waals surface area contributed by atoms with Crippen LogP contribution in [-0.4, -0.2) is 31.2 Å². The number of benzene rings is 3. The Morgan fingerprint density at radius 2 is 1.49 bits per heavy atom. The smallest absolute Gasteiger partial charge is 0.351 e. The minimum atomic E-state index is -4.98. The van der Waals surface area contributed by atoms with E-state index in [0.29, 0.717) is 29.8 Å². The Hall–Kier alpha value is -3.58. The van der Waals surface area contributed by atoms with Crippen LogP contribution in [0.1, 0.15) is 29.5 Å². The Morgan fingerprint density at radius 3 is 2.10 bits per heavy atom. The van der Waals surface area contributed by atoms with Crippen molar-refractivity contribution < 1.29 is 39.6 Å². The summed E-state index contributed by atoms with van der Waals surface area (Å²) in [5, 5.41) is 2.62. The van der Waals surface area contributed by atoms with Crippen LogP contribution in [0, 0.1) is 0 Å². The number of rotatable bonds is 7. The van der Waals surface area contributed by atoms with Crippen LogP contribution < -0.4 is 10.0 Å². The second-order valence-electron chi connectivity index (χ2n) is 8.95. The number of para-hydroxylation sites is 1. The van der Waals surface area contributed by atoms with Crippen molar-refractivity contribution in [3.63, 3.8) is 0 Å². The average molecular weight is 572 g/mol. The van der Waals surface area contributed by atoms with Gasteiger partial charge in [-0.05, 0) is 65.9 Å². The summed E-state index contributed by atoms with van der Waals surface area (Å²) in [5.74, 6) is -0.574. The first-order chi connectivity index (χ1) is 18.2. The van der Waals surface area contributed by atoms with Gasteiger partial charge in [-0.2, -0.15) is 39.1 Å². The molecule has 1 amide bonds. The van der Waals surface area contributed by atoms with Gasteiger partial charge in [0.2, 0.25) is 5.91 Å². The third-order valence-electron chi connectivity index (χ3n) is 6.15. The molecule has 3 aromatic carbocycles. The number of anilines is 1. The van der Waals surface area contributed by atoms with Crippen molar-refractivity contribution in [2.75, 3.05) is 11.3 Å². The number of alkyl halides is 6. The Kier molecular flexibility index (Phi) is 7.94. The summed E-state index contributed by atoms with van der Waals surface area (Å²) in [6.07, 6.45) is -9.22. The number of amides is 1. The van der Waals surface area contributed by atoms with Gasteiger partial charge in [0.05, 0.1) is 11.1 Å². The molecule has 1 fully saturated rings. The number of hydrogen-bond donors (Lipinski definition) is 2. The maximum absolute atomic E-state index is 13.3. The zero-order valence-electron chi connectivity index (χ0n) is 20.2. The predicted octanol–water partition coefficient (Wildman–Crippen LogP) is 5.83. The number of carbonyl (C=O) groups is 1. The van der Waals surface area contributed by atoms with Crippen LogP contribution in [0.3, 0.4) is 0 Å². The van der Waals surface area contributed by atoms with Crippen molar-refractivity contribution >= 4 is 21.8 Å². The van der Waals surface area contributed by atoms with Gasteiger partial charge in [0.25, 0.3) is 0 Å². The molecule has 0 aromatic heterocycles. The molecular weight excluding hydrogens is 548 g/mol. The number of nitrogens with zero attached hydrogens (tertiary/aromatic N) is 1. The lowest BCUT2D eigenvalue weighted by atomic mass is 9.97. The highest BCUT2D eigenvalue weighted by Crippen LogP contribution is 2.38. The summed E-state index contributed by atoms with van der Waals surface area (Å²) in [5.41, 5.74) is -2.32. The van der Waals surface area contributed by atoms with Crippen LogP contribution in [0.4, 0.5) is 32.0 Å². The van der Waals surface area contributed by atoms with Crippen molar-refractivity contribution in [2.24, 2.45) is 0 Å². The molecule has 0 radical (unpaired) electrons. The quantitative estimate of drug-likeness (QED) is 0.351. The topological polar surface area (TPSA) is 78.5 Å². The molecule has 6 nitrogen and oxygen atoms in total. The summed E-state index contributed by atoms with van der Waals surface area (Å²) in [6.45, 7) is 0.0150. The molecule has 0 aliphatic carbocycles. The number of hydrogen-bond acceptors (Lipinski definition) is 3. The summed E-state index contributed by atoms with van der Waals surface area (Å²) in [6, 6.07) is 14.2. The molecule has 0 bridgehead atoms. The lowest BCUT2D eigenvalue weighted by molar-refractivity contribution is -0.143. The molecule has 39 heavy (non-hydrogen) atoms. The second-order valence-corrected chi connectivity index (χ2v) is 10.6. The molecule has 1 saturated heterocycles. The van der Waals surface area contributed by atoms with Crippen molar-refractivity contribution in [2.45, 2.75) is 37.8 Å². The highest BCUT2D eigenvalue weighted by Gasteiger charge is 2.39. The second kappa shape index (κ2) is 10.9. The molecule has 208 valence electrons. The van der Waals surface area contributed by atoms with E-state index in [2.05, 4.69) is 10.0 Å². The number of carbonyl (C=O) groups excluding carboxylic acids is 1. The third-order valence-corrected chi connectivity index (χ3v) is 7.70. The Bertz CT molecular complexity index is 1410. The SMILES string of the molecule is O=C(NCc1cccc(-c2cc(C(F)(F)F)cc(C(F)(F)F)c2)c1)[C@@H]1CCCN1S(=O)(=O)Nc1ccccc1. The monoisotopic (exact) mass is 571 g/mol. The maximum atomic E-state index is 13.3. The molecule has 0 unspecified atom stereocenters. The van der Waals surface area contributed by atoms with Crippen LogP contribution >= 0.6 is 0 Å². The van der Waals surface area contributed by atoms with Crippen molar-refractivity contribution in [3.8, 4) is 11.1 Å². The van der Waals surface area contributed by atoms with E-state index in [9.17, 15) is 39.6 Å². The van der Waals surface area contributed by atoms with Crippen molar-refractivity contribution in [3.05, 3.63) is 89.5 Å². The molecule has 1 aliphatic rings. The van der Waals surface area contributed by atoms with Gasteiger partial charge in [-0.15, -0.1) is 0 Å². The fraction of sp³-hybridized carbons (Fsp3) is 0.269. The summed E-state index contributed by atoms with van der Waals surface area (Å²) in [7, 11) is -4.03. The fourth-order valence-electron chi connectivity index (χ4n) is 4.29. The predicted molar refractivity (Wildman–Crippen MR) is 132 cm³/mol. The molecule has 1 aliphatic heterocycles. The highest BCUT2D eigenvalue weighted by atomic mass is 32.2. The van der Waals surface area contributed by atoms with Crippen LogP contribution in [0.5, 0.6) is 0 Å². The first kappa shape index (κ1) is 28.4. The summed E-state index contributed by atoms with van der Waals surface area (Å²) >= 11 is 0. The lowest BCUT2D eigenvalue weighted by Crippen LogP contribution is -2.47. The molecule has 0 spiro atoms. The highest BCUT2D eigenvalue weighted by molar-refractivity contribution is 7.90.